The molecule has 4 nitrogen and oxygen atoms in total. The molecule has 2 aliphatic rings. The van der Waals surface area contributed by atoms with E-state index in [0.29, 0.717) is 24.0 Å². The van der Waals surface area contributed by atoms with Crippen LogP contribution in [0.4, 0.5) is 0 Å². The van der Waals surface area contributed by atoms with Gasteiger partial charge in [-0.1, -0.05) is 0 Å². The molecule has 2 rings (SSSR count). The number of hydrogen-bond acceptors (Lipinski definition) is 3. The lowest BCUT2D eigenvalue weighted by Crippen LogP contribution is -2.49. The van der Waals surface area contributed by atoms with E-state index in [1.165, 1.54) is 4.90 Å². The summed E-state index contributed by atoms with van der Waals surface area (Å²) in [5.41, 5.74) is 0.0748. The predicted molar refractivity (Wildman–Crippen MR) is 57.0 cm³/mol. The van der Waals surface area contributed by atoms with Crippen LogP contribution in [-0.4, -0.2) is 22.3 Å². The van der Waals surface area contributed by atoms with Crippen molar-refractivity contribution in [3.63, 3.8) is 0 Å². The predicted octanol–water partition coefficient (Wildman–Crippen LogP) is 1.53. The fraction of sp³-hybridized carbons (Fsp3) is 0.583. The van der Waals surface area contributed by atoms with E-state index in [9.17, 15) is 14.9 Å². The van der Waals surface area contributed by atoms with Crippen molar-refractivity contribution >= 4 is 11.8 Å². The number of imide groups is 1. The summed E-state index contributed by atoms with van der Waals surface area (Å²) in [7, 11) is 0. The zero-order chi connectivity index (χ0) is 11.9. The van der Waals surface area contributed by atoms with E-state index in [1.807, 2.05) is 0 Å². The van der Waals surface area contributed by atoms with Gasteiger partial charge in [0.2, 0.25) is 0 Å². The van der Waals surface area contributed by atoms with E-state index in [-0.39, 0.29) is 11.8 Å². The van der Waals surface area contributed by atoms with Gasteiger partial charge in [0.1, 0.15) is 5.54 Å². The summed E-state index contributed by atoms with van der Waals surface area (Å²) in [4.78, 5) is 25.1. The van der Waals surface area contributed by atoms with Crippen molar-refractivity contribution in [3.05, 3.63) is 11.1 Å². The lowest BCUT2D eigenvalue weighted by Gasteiger charge is -2.30. The molecule has 1 fully saturated rings. The largest absolute Gasteiger partial charge is 0.269 e. The van der Waals surface area contributed by atoms with Gasteiger partial charge in [-0.3, -0.25) is 14.5 Å². The Morgan fingerprint density at radius 2 is 1.56 bits per heavy atom. The van der Waals surface area contributed by atoms with Crippen LogP contribution in [0.25, 0.3) is 0 Å². The molecule has 0 bridgehead atoms. The Bertz CT molecular complexity index is 412. The number of rotatable bonds is 1. The third kappa shape index (κ3) is 1.21. The molecule has 0 aromatic carbocycles. The van der Waals surface area contributed by atoms with Gasteiger partial charge >= 0.3 is 0 Å². The van der Waals surface area contributed by atoms with Gasteiger partial charge < -0.3 is 0 Å². The van der Waals surface area contributed by atoms with E-state index in [2.05, 4.69) is 6.07 Å². The monoisotopic (exact) mass is 218 g/mol. The topological polar surface area (TPSA) is 61.2 Å². The minimum atomic E-state index is -0.882. The number of nitrogens with zero attached hydrogens (tertiary/aromatic N) is 2. The van der Waals surface area contributed by atoms with Crippen molar-refractivity contribution in [1.82, 2.24) is 4.90 Å². The van der Waals surface area contributed by atoms with E-state index in [4.69, 9.17) is 0 Å². The summed E-state index contributed by atoms with van der Waals surface area (Å²) < 4.78 is 0. The second kappa shape index (κ2) is 3.44. The minimum absolute atomic E-state index is 0.286. The van der Waals surface area contributed by atoms with Gasteiger partial charge in [-0.25, -0.2) is 0 Å². The summed E-state index contributed by atoms with van der Waals surface area (Å²) in [6, 6.07) is 2.18. The highest BCUT2D eigenvalue weighted by molar-refractivity contribution is 6.19. The van der Waals surface area contributed by atoms with Gasteiger partial charge in [0.05, 0.1) is 6.07 Å². The molecule has 0 unspecified atom stereocenters. The van der Waals surface area contributed by atoms with Gasteiger partial charge in [0.15, 0.2) is 0 Å². The quantitative estimate of drug-likeness (QED) is 0.627. The molecule has 0 spiro atoms. The number of nitriles is 1. The molecule has 16 heavy (non-hydrogen) atoms. The maximum atomic E-state index is 12.0. The standard InChI is InChI=1S/C12H14N2O2/c1-8-9(2)11(16)14(10(8)15)12(7-13)5-3-4-6-12/h3-6H2,1-2H3. The molecular weight excluding hydrogens is 204 g/mol. The maximum absolute atomic E-state index is 12.0. The molecule has 0 aromatic heterocycles. The Labute approximate surface area is 94.5 Å². The molecule has 0 saturated heterocycles. The Morgan fingerprint density at radius 1 is 1.12 bits per heavy atom. The third-order valence-corrected chi connectivity index (χ3v) is 3.68. The fourth-order valence-electron chi connectivity index (χ4n) is 2.48. The van der Waals surface area contributed by atoms with E-state index in [1.54, 1.807) is 13.8 Å². The summed E-state index contributed by atoms with van der Waals surface area (Å²) in [5, 5.41) is 9.27. The molecule has 84 valence electrons. The van der Waals surface area contributed by atoms with Crippen molar-refractivity contribution < 1.29 is 9.59 Å². The normalized spacial score (nSPS) is 24.2. The first kappa shape index (κ1) is 10.9. The molecule has 1 aliphatic carbocycles. The van der Waals surface area contributed by atoms with Crippen LogP contribution in [0.15, 0.2) is 11.1 Å². The molecule has 0 N–H and O–H groups in total. The van der Waals surface area contributed by atoms with Gasteiger partial charge in [0, 0.05) is 11.1 Å². The summed E-state index contributed by atoms with van der Waals surface area (Å²) in [5.74, 6) is -0.572. The van der Waals surface area contributed by atoms with Crippen LogP contribution in [0.2, 0.25) is 0 Å². The van der Waals surface area contributed by atoms with Gasteiger partial charge in [0.25, 0.3) is 11.8 Å². The van der Waals surface area contributed by atoms with E-state index >= 15 is 0 Å². The molecule has 1 saturated carbocycles. The van der Waals surface area contributed by atoms with Crippen molar-refractivity contribution in [2.75, 3.05) is 0 Å². The highest BCUT2D eigenvalue weighted by atomic mass is 16.2. The molecule has 1 heterocycles. The van der Waals surface area contributed by atoms with Crippen LogP contribution >= 0.6 is 0 Å². The van der Waals surface area contributed by atoms with Crippen LogP contribution in [0, 0.1) is 11.3 Å². The van der Waals surface area contributed by atoms with Crippen LogP contribution in [-0.2, 0) is 9.59 Å². The highest BCUT2D eigenvalue weighted by Crippen LogP contribution is 2.39. The van der Waals surface area contributed by atoms with Crippen LogP contribution in [0.3, 0.4) is 0 Å². The third-order valence-electron chi connectivity index (χ3n) is 3.68. The number of hydrogen-bond donors (Lipinski definition) is 0. The highest BCUT2D eigenvalue weighted by Gasteiger charge is 2.49. The lowest BCUT2D eigenvalue weighted by molar-refractivity contribution is -0.142. The van der Waals surface area contributed by atoms with Crippen molar-refractivity contribution in [2.45, 2.75) is 45.1 Å². The van der Waals surface area contributed by atoms with Gasteiger partial charge in [-0.2, -0.15) is 5.26 Å². The molecule has 2 amide bonds. The first-order chi connectivity index (χ1) is 7.53. The van der Waals surface area contributed by atoms with Gasteiger partial charge in [-0.15, -0.1) is 0 Å². The second-order valence-electron chi connectivity index (χ2n) is 4.55. The maximum Gasteiger partial charge on any atom is 0.258 e. The Hall–Kier alpha value is -1.63. The number of carbonyl (C=O) groups excluding carboxylic acids is 2. The van der Waals surface area contributed by atoms with Crippen LogP contribution < -0.4 is 0 Å². The summed E-state index contributed by atoms with van der Waals surface area (Å²) >= 11 is 0. The Balaban J connectivity index is 2.41. The molecular formula is C12H14N2O2. The van der Waals surface area contributed by atoms with Crippen LogP contribution in [0.1, 0.15) is 39.5 Å². The zero-order valence-corrected chi connectivity index (χ0v) is 9.54. The Morgan fingerprint density at radius 3 is 1.94 bits per heavy atom. The average Bonchev–Trinajstić information content (AvgIpc) is 2.82. The summed E-state index contributed by atoms with van der Waals surface area (Å²) in [6.45, 7) is 3.30. The molecule has 0 aromatic rings. The second-order valence-corrected chi connectivity index (χ2v) is 4.55. The number of amides is 2. The molecule has 0 radical (unpaired) electrons. The van der Waals surface area contributed by atoms with Crippen molar-refractivity contribution in [1.29, 1.82) is 5.26 Å². The van der Waals surface area contributed by atoms with E-state index in [0.717, 1.165) is 12.8 Å². The van der Waals surface area contributed by atoms with Crippen molar-refractivity contribution in [2.24, 2.45) is 0 Å². The molecule has 1 aliphatic heterocycles. The number of carbonyl (C=O) groups is 2. The lowest BCUT2D eigenvalue weighted by atomic mass is 9.97. The minimum Gasteiger partial charge on any atom is -0.269 e. The molecule has 4 heteroatoms. The SMILES string of the molecule is CC1=C(C)C(=O)N(C2(C#N)CCCC2)C1=O. The smallest absolute Gasteiger partial charge is 0.258 e. The Kier molecular flexibility index (Phi) is 2.34. The van der Waals surface area contributed by atoms with Gasteiger partial charge in [-0.05, 0) is 39.5 Å². The first-order valence-corrected chi connectivity index (χ1v) is 5.51. The summed E-state index contributed by atoms with van der Waals surface area (Å²) in [6.07, 6.45) is 3.04. The van der Waals surface area contributed by atoms with E-state index < -0.39 is 5.54 Å². The zero-order valence-electron chi connectivity index (χ0n) is 9.54. The average molecular weight is 218 g/mol. The first-order valence-electron chi connectivity index (χ1n) is 5.51. The van der Waals surface area contributed by atoms with Crippen LogP contribution in [0.5, 0.6) is 0 Å². The fourth-order valence-corrected chi connectivity index (χ4v) is 2.48. The van der Waals surface area contributed by atoms with Crippen molar-refractivity contribution in [3.8, 4) is 6.07 Å². The molecule has 0 atom stereocenters.